The van der Waals surface area contributed by atoms with Crippen LogP contribution in [0, 0.1) is 20.8 Å². The molecule has 8 heteroatoms. The van der Waals surface area contributed by atoms with E-state index in [4.69, 9.17) is 0 Å². The number of benzene rings is 3. The summed E-state index contributed by atoms with van der Waals surface area (Å²) in [6.45, 7) is 9.74. The van der Waals surface area contributed by atoms with E-state index in [-0.39, 0.29) is 17.3 Å². The van der Waals surface area contributed by atoms with Crippen molar-refractivity contribution in [3.63, 3.8) is 0 Å². The highest BCUT2D eigenvalue weighted by atomic mass is 32.2. The van der Waals surface area contributed by atoms with Crippen molar-refractivity contribution < 1.29 is 18.0 Å². The maximum atomic E-state index is 13.9. The zero-order valence-corrected chi connectivity index (χ0v) is 24.3. The summed E-state index contributed by atoms with van der Waals surface area (Å²) < 4.78 is 28.8. The Hall–Kier alpha value is -3.65. The molecule has 0 fully saturated rings. The second-order valence-electron chi connectivity index (χ2n) is 9.99. The number of nitrogens with one attached hydrogen (secondary N) is 1. The minimum absolute atomic E-state index is 0.0944. The molecule has 2 amide bonds. The first kappa shape index (κ1) is 29.9. The summed E-state index contributed by atoms with van der Waals surface area (Å²) in [4.78, 5) is 28.5. The van der Waals surface area contributed by atoms with Gasteiger partial charge in [-0.3, -0.25) is 13.9 Å². The van der Waals surface area contributed by atoms with Crippen LogP contribution in [0.15, 0.2) is 77.7 Å². The highest BCUT2D eigenvalue weighted by Gasteiger charge is 2.32. The highest BCUT2D eigenvalue weighted by Crippen LogP contribution is 2.25. The molecule has 0 heterocycles. The lowest BCUT2D eigenvalue weighted by Gasteiger charge is -2.32. The summed E-state index contributed by atoms with van der Waals surface area (Å²) in [5.41, 5.74) is 4.21. The average molecular weight is 550 g/mol. The van der Waals surface area contributed by atoms with Crippen molar-refractivity contribution in [1.82, 2.24) is 10.2 Å². The molecule has 39 heavy (non-hydrogen) atoms. The lowest BCUT2D eigenvalue weighted by Crippen LogP contribution is -2.51. The van der Waals surface area contributed by atoms with E-state index < -0.39 is 28.5 Å². The van der Waals surface area contributed by atoms with E-state index >= 15 is 0 Å². The van der Waals surface area contributed by atoms with E-state index in [0.717, 1.165) is 39.4 Å². The zero-order valence-electron chi connectivity index (χ0n) is 23.5. The summed E-state index contributed by atoms with van der Waals surface area (Å²) in [5.74, 6) is -0.739. The molecule has 208 valence electrons. The highest BCUT2D eigenvalue weighted by molar-refractivity contribution is 7.92. The Bertz CT molecular complexity index is 1350. The largest absolute Gasteiger partial charge is 0.354 e. The fourth-order valence-corrected chi connectivity index (χ4v) is 5.50. The Morgan fingerprint density at radius 1 is 0.821 bits per heavy atom. The summed E-state index contributed by atoms with van der Waals surface area (Å²) in [7, 11) is -4.07. The quantitative estimate of drug-likeness (QED) is 0.317. The van der Waals surface area contributed by atoms with E-state index in [1.165, 1.54) is 4.90 Å². The number of sulfonamides is 1. The van der Waals surface area contributed by atoms with Gasteiger partial charge in [-0.05, 0) is 63.9 Å². The van der Waals surface area contributed by atoms with Gasteiger partial charge in [-0.1, -0.05) is 78.6 Å². The van der Waals surface area contributed by atoms with Crippen molar-refractivity contribution in [2.45, 2.75) is 64.9 Å². The van der Waals surface area contributed by atoms with Crippen LogP contribution in [-0.2, 0) is 26.2 Å². The molecule has 0 aliphatic heterocycles. The molecule has 1 atom stereocenters. The molecule has 0 saturated carbocycles. The lowest BCUT2D eigenvalue weighted by molar-refractivity contribution is -0.139. The molecule has 3 rings (SSSR count). The molecule has 0 aliphatic rings. The Balaban J connectivity index is 1.98. The monoisotopic (exact) mass is 549 g/mol. The van der Waals surface area contributed by atoms with Crippen LogP contribution >= 0.6 is 0 Å². The van der Waals surface area contributed by atoms with Crippen LogP contribution in [-0.4, -0.2) is 44.3 Å². The molecular weight excluding hydrogens is 510 g/mol. The van der Waals surface area contributed by atoms with E-state index in [0.29, 0.717) is 12.2 Å². The molecule has 1 N–H and O–H groups in total. The first-order valence-corrected chi connectivity index (χ1v) is 14.8. The summed E-state index contributed by atoms with van der Waals surface area (Å²) in [6.07, 6.45) is 1.77. The fourth-order valence-electron chi connectivity index (χ4n) is 4.09. The third-order valence-corrected chi connectivity index (χ3v) is 8.47. The third-order valence-electron chi connectivity index (χ3n) is 6.68. The predicted octanol–water partition coefficient (Wildman–Crippen LogP) is 5.14. The van der Waals surface area contributed by atoms with Crippen LogP contribution in [0.3, 0.4) is 0 Å². The van der Waals surface area contributed by atoms with Crippen LogP contribution in [0.2, 0.25) is 0 Å². The number of anilines is 1. The molecule has 3 aromatic carbocycles. The van der Waals surface area contributed by atoms with Gasteiger partial charge in [0, 0.05) is 13.1 Å². The van der Waals surface area contributed by atoms with Gasteiger partial charge in [0.2, 0.25) is 11.8 Å². The number of carbonyl (C=O) groups excluding carboxylic acids is 2. The van der Waals surface area contributed by atoms with Crippen molar-refractivity contribution in [1.29, 1.82) is 0 Å². The lowest BCUT2D eigenvalue weighted by atomic mass is 10.1. The SMILES string of the molecule is CCCCNC(=O)C(C)N(Cc1ccc(C)cc1)C(=O)CN(c1ccc(C)cc1)S(=O)(=O)c1ccc(C)cc1. The van der Waals surface area contributed by atoms with Gasteiger partial charge in [-0.25, -0.2) is 8.42 Å². The Labute approximate surface area is 232 Å². The minimum Gasteiger partial charge on any atom is -0.354 e. The zero-order chi connectivity index (χ0) is 28.6. The minimum atomic E-state index is -4.07. The Kier molecular flexibility index (Phi) is 10.3. The van der Waals surface area contributed by atoms with Gasteiger partial charge in [0.25, 0.3) is 10.0 Å². The second-order valence-corrected chi connectivity index (χ2v) is 11.9. The normalized spacial score (nSPS) is 12.0. The molecule has 1 unspecified atom stereocenters. The molecule has 0 spiro atoms. The molecule has 0 bridgehead atoms. The second kappa shape index (κ2) is 13.4. The van der Waals surface area contributed by atoms with Crippen molar-refractivity contribution in [3.8, 4) is 0 Å². The number of amides is 2. The summed E-state index contributed by atoms with van der Waals surface area (Å²) >= 11 is 0. The number of hydrogen-bond acceptors (Lipinski definition) is 4. The Morgan fingerprint density at radius 3 is 1.87 bits per heavy atom. The van der Waals surface area contributed by atoms with E-state index in [1.54, 1.807) is 43.3 Å². The number of aryl methyl sites for hydroxylation is 3. The smallest absolute Gasteiger partial charge is 0.264 e. The molecule has 3 aromatic rings. The van der Waals surface area contributed by atoms with Gasteiger partial charge in [-0.2, -0.15) is 0 Å². The van der Waals surface area contributed by atoms with Gasteiger partial charge < -0.3 is 10.2 Å². The van der Waals surface area contributed by atoms with Gasteiger partial charge >= 0.3 is 0 Å². The number of rotatable bonds is 12. The first-order valence-electron chi connectivity index (χ1n) is 13.3. The molecule has 0 aliphatic carbocycles. The van der Waals surface area contributed by atoms with E-state index in [9.17, 15) is 18.0 Å². The van der Waals surface area contributed by atoms with Gasteiger partial charge in [0.1, 0.15) is 12.6 Å². The number of unbranched alkanes of at least 4 members (excludes halogenated alkanes) is 1. The number of carbonyl (C=O) groups is 2. The molecule has 7 nitrogen and oxygen atoms in total. The molecule has 0 saturated heterocycles. The van der Waals surface area contributed by atoms with E-state index in [1.807, 2.05) is 64.1 Å². The van der Waals surface area contributed by atoms with Gasteiger partial charge in [-0.15, -0.1) is 0 Å². The fraction of sp³-hybridized carbons (Fsp3) is 0.355. The van der Waals surface area contributed by atoms with Crippen molar-refractivity contribution in [3.05, 3.63) is 95.1 Å². The maximum absolute atomic E-state index is 13.9. The number of nitrogens with zero attached hydrogens (tertiary/aromatic N) is 2. The molecular formula is C31H39N3O4S. The third kappa shape index (κ3) is 7.93. The molecule has 0 aromatic heterocycles. The standard InChI is InChI=1S/C31H39N3O4S/c1-6-7-20-32-31(36)26(5)33(21-27-14-8-23(2)9-15-27)30(35)22-34(28-16-10-24(3)11-17-28)39(37,38)29-18-12-25(4)13-19-29/h8-19,26H,6-7,20-22H2,1-5H3,(H,32,36). The van der Waals surface area contributed by atoms with Gasteiger partial charge in [0.05, 0.1) is 10.6 Å². The van der Waals surface area contributed by atoms with Crippen molar-refractivity contribution in [2.24, 2.45) is 0 Å². The van der Waals surface area contributed by atoms with Crippen LogP contribution in [0.4, 0.5) is 5.69 Å². The number of hydrogen-bond donors (Lipinski definition) is 1. The van der Waals surface area contributed by atoms with Crippen LogP contribution in [0.1, 0.15) is 48.9 Å². The summed E-state index contributed by atoms with van der Waals surface area (Å²) in [5, 5.41) is 2.90. The van der Waals surface area contributed by atoms with Crippen LogP contribution in [0.5, 0.6) is 0 Å². The van der Waals surface area contributed by atoms with Crippen molar-refractivity contribution in [2.75, 3.05) is 17.4 Å². The van der Waals surface area contributed by atoms with E-state index in [2.05, 4.69) is 5.32 Å². The topological polar surface area (TPSA) is 86.8 Å². The van der Waals surface area contributed by atoms with Gasteiger partial charge in [0.15, 0.2) is 0 Å². The van der Waals surface area contributed by atoms with Crippen LogP contribution < -0.4 is 9.62 Å². The van der Waals surface area contributed by atoms with Crippen LogP contribution in [0.25, 0.3) is 0 Å². The Morgan fingerprint density at radius 2 is 1.33 bits per heavy atom. The van der Waals surface area contributed by atoms with Crippen molar-refractivity contribution >= 4 is 27.5 Å². The summed E-state index contributed by atoms with van der Waals surface area (Å²) in [6, 6.07) is 20.5. The predicted molar refractivity (Wildman–Crippen MR) is 156 cm³/mol. The maximum Gasteiger partial charge on any atom is 0.264 e. The molecule has 0 radical (unpaired) electrons. The average Bonchev–Trinajstić information content (AvgIpc) is 2.91. The first-order chi connectivity index (χ1) is 18.5.